The highest BCUT2D eigenvalue weighted by Gasteiger charge is 2.16. The van der Waals surface area contributed by atoms with Gasteiger partial charge in [0.1, 0.15) is 5.52 Å². The van der Waals surface area contributed by atoms with E-state index in [-0.39, 0.29) is 5.56 Å². The molecular weight excluding hydrogens is 330 g/mol. The predicted molar refractivity (Wildman–Crippen MR) is 76.7 cm³/mol. The van der Waals surface area contributed by atoms with E-state index in [2.05, 4.69) is 20.9 Å². The fourth-order valence-corrected chi connectivity index (χ4v) is 3.25. The monoisotopic (exact) mass is 337 g/mol. The van der Waals surface area contributed by atoms with Crippen molar-refractivity contribution in [3.05, 3.63) is 39.2 Å². The molecule has 3 aromatic rings. The van der Waals surface area contributed by atoms with Gasteiger partial charge in [-0.1, -0.05) is 6.07 Å². The van der Waals surface area contributed by atoms with E-state index in [1.807, 2.05) is 13.0 Å². The van der Waals surface area contributed by atoms with E-state index in [1.54, 1.807) is 12.1 Å². The number of para-hydroxylation sites is 1. The summed E-state index contributed by atoms with van der Waals surface area (Å²) in [6, 6.07) is 6.84. The Labute approximate surface area is 120 Å². The average Bonchev–Trinajstić information content (AvgIpc) is 2.93. The first-order valence-corrected chi connectivity index (χ1v) is 7.06. The number of carbonyl (C=O) groups is 1. The van der Waals surface area contributed by atoms with Gasteiger partial charge in [0.25, 0.3) is 0 Å². The number of halogens is 1. The zero-order valence-corrected chi connectivity index (χ0v) is 12.2. The van der Waals surface area contributed by atoms with Crippen molar-refractivity contribution in [2.24, 2.45) is 0 Å². The van der Waals surface area contributed by atoms with Crippen LogP contribution in [-0.4, -0.2) is 16.1 Å². The molecule has 3 rings (SSSR count). The van der Waals surface area contributed by atoms with Gasteiger partial charge >= 0.3 is 5.97 Å². The number of benzene rings is 1. The lowest BCUT2D eigenvalue weighted by molar-refractivity contribution is 0.0699. The van der Waals surface area contributed by atoms with Crippen molar-refractivity contribution in [2.45, 2.75) is 6.92 Å². The number of aryl methyl sites for hydroxylation is 1. The molecule has 96 valence electrons. The van der Waals surface area contributed by atoms with Gasteiger partial charge in [-0.3, -0.25) is 0 Å². The third-order valence-corrected chi connectivity index (χ3v) is 4.84. The summed E-state index contributed by atoms with van der Waals surface area (Å²) < 4.78 is 6.65. The average molecular weight is 338 g/mol. The van der Waals surface area contributed by atoms with Crippen LogP contribution in [0, 0.1) is 6.92 Å². The number of carboxylic acids is 1. The van der Waals surface area contributed by atoms with E-state index >= 15 is 0 Å². The number of thiophene rings is 1. The number of hydrogen-bond acceptors (Lipinski definition) is 4. The van der Waals surface area contributed by atoms with Crippen LogP contribution in [0.1, 0.15) is 15.9 Å². The van der Waals surface area contributed by atoms with E-state index in [4.69, 9.17) is 9.52 Å². The Morgan fingerprint density at radius 2 is 2.26 bits per heavy atom. The molecule has 0 amide bonds. The third-order valence-electron chi connectivity index (χ3n) is 2.72. The highest BCUT2D eigenvalue weighted by atomic mass is 79.9. The molecule has 1 aromatic carbocycles. The molecule has 0 radical (unpaired) electrons. The maximum absolute atomic E-state index is 11.1. The van der Waals surface area contributed by atoms with Crippen LogP contribution in [0.4, 0.5) is 0 Å². The fraction of sp³-hybridized carbons (Fsp3) is 0.0769. The number of aromatic nitrogens is 1. The molecule has 0 bridgehead atoms. The van der Waals surface area contributed by atoms with Gasteiger partial charge in [0.05, 0.1) is 14.2 Å². The van der Waals surface area contributed by atoms with Crippen molar-refractivity contribution in [1.82, 2.24) is 4.98 Å². The van der Waals surface area contributed by atoms with Gasteiger partial charge in [-0.05, 0) is 46.6 Å². The molecule has 6 heteroatoms. The molecule has 0 fully saturated rings. The lowest BCUT2D eigenvalue weighted by Crippen LogP contribution is -1.96. The molecule has 0 atom stereocenters. The standard InChI is InChI=1S/C13H8BrNO3S/c1-6-5-9(19-11(6)14)12-15-10-7(13(16)17)3-2-4-8(10)18-12/h2-5H,1H3,(H,16,17). The van der Waals surface area contributed by atoms with Crippen molar-refractivity contribution < 1.29 is 14.3 Å². The predicted octanol–water partition coefficient (Wildman–Crippen LogP) is 4.33. The normalized spacial score (nSPS) is 11.1. The molecule has 2 heterocycles. The van der Waals surface area contributed by atoms with Crippen LogP contribution in [0.5, 0.6) is 0 Å². The highest BCUT2D eigenvalue weighted by Crippen LogP contribution is 2.36. The number of aromatic carboxylic acids is 1. The molecule has 0 aliphatic heterocycles. The number of nitrogens with zero attached hydrogens (tertiary/aromatic N) is 1. The van der Waals surface area contributed by atoms with Gasteiger partial charge in [-0.15, -0.1) is 11.3 Å². The summed E-state index contributed by atoms with van der Waals surface area (Å²) in [6.45, 7) is 1.98. The van der Waals surface area contributed by atoms with Gasteiger partial charge in [0.15, 0.2) is 5.58 Å². The van der Waals surface area contributed by atoms with Crippen molar-refractivity contribution in [3.8, 4) is 10.8 Å². The number of rotatable bonds is 2. The van der Waals surface area contributed by atoms with Crippen molar-refractivity contribution in [1.29, 1.82) is 0 Å². The summed E-state index contributed by atoms with van der Waals surface area (Å²) in [7, 11) is 0. The minimum atomic E-state index is -1.01. The van der Waals surface area contributed by atoms with Gasteiger partial charge in [-0.2, -0.15) is 0 Å². The zero-order valence-electron chi connectivity index (χ0n) is 9.81. The highest BCUT2D eigenvalue weighted by molar-refractivity contribution is 9.11. The Bertz CT molecular complexity index is 771. The summed E-state index contributed by atoms with van der Waals surface area (Å²) in [6.07, 6.45) is 0. The Morgan fingerprint density at radius 1 is 1.47 bits per heavy atom. The molecule has 2 aromatic heterocycles. The van der Waals surface area contributed by atoms with Crippen LogP contribution in [0.15, 0.2) is 32.5 Å². The number of carboxylic acid groups (broad SMARTS) is 1. The molecule has 0 aliphatic carbocycles. The smallest absolute Gasteiger partial charge is 0.338 e. The van der Waals surface area contributed by atoms with Gasteiger partial charge < -0.3 is 9.52 Å². The maximum Gasteiger partial charge on any atom is 0.338 e. The quantitative estimate of drug-likeness (QED) is 0.756. The van der Waals surface area contributed by atoms with Crippen LogP contribution in [0.3, 0.4) is 0 Å². The first-order valence-electron chi connectivity index (χ1n) is 5.45. The Morgan fingerprint density at radius 3 is 2.89 bits per heavy atom. The molecular formula is C13H8BrNO3S. The van der Waals surface area contributed by atoms with Gasteiger partial charge in [0.2, 0.25) is 5.89 Å². The van der Waals surface area contributed by atoms with E-state index in [0.29, 0.717) is 17.0 Å². The Balaban J connectivity index is 2.21. The zero-order chi connectivity index (χ0) is 13.6. The molecule has 0 saturated carbocycles. The molecule has 0 saturated heterocycles. The largest absolute Gasteiger partial charge is 0.478 e. The number of fused-ring (bicyclic) bond motifs is 1. The third kappa shape index (κ3) is 2.06. The summed E-state index contributed by atoms with van der Waals surface area (Å²) in [5.74, 6) is -0.559. The number of hydrogen-bond donors (Lipinski definition) is 1. The van der Waals surface area contributed by atoms with Crippen molar-refractivity contribution in [3.63, 3.8) is 0 Å². The van der Waals surface area contributed by atoms with E-state index in [1.165, 1.54) is 17.4 Å². The minimum absolute atomic E-state index is 0.153. The Hall–Kier alpha value is -1.66. The lowest BCUT2D eigenvalue weighted by Gasteiger charge is -1.92. The summed E-state index contributed by atoms with van der Waals surface area (Å²) >= 11 is 4.96. The molecule has 19 heavy (non-hydrogen) atoms. The van der Waals surface area contributed by atoms with Crippen molar-refractivity contribution in [2.75, 3.05) is 0 Å². The van der Waals surface area contributed by atoms with Crippen molar-refractivity contribution >= 4 is 44.3 Å². The first-order chi connectivity index (χ1) is 9.06. The van der Waals surface area contributed by atoms with Crippen LogP contribution in [0.2, 0.25) is 0 Å². The SMILES string of the molecule is Cc1cc(-c2nc3c(C(=O)O)cccc3o2)sc1Br. The first kappa shape index (κ1) is 12.4. The number of oxazole rings is 1. The van der Waals surface area contributed by atoms with Gasteiger partial charge in [-0.25, -0.2) is 9.78 Å². The van der Waals surface area contributed by atoms with Gasteiger partial charge in [0, 0.05) is 0 Å². The topological polar surface area (TPSA) is 63.3 Å². The van der Waals surface area contributed by atoms with Crippen LogP contribution >= 0.6 is 27.3 Å². The second kappa shape index (κ2) is 4.47. The lowest BCUT2D eigenvalue weighted by atomic mass is 10.2. The van der Waals surface area contributed by atoms with E-state index in [9.17, 15) is 4.79 Å². The molecule has 0 spiro atoms. The summed E-state index contributed by atoms with van der Waals surface area (Å²) in [5.41, 5.74) is 2.12. The van der Waals surface area contributed by atoms with E-state index < -0.39 is 5.97 Å². The molecule has 1 N–H and O–H groups in total. The summed E-state index contributed by atoms with van der Waals surface area (Å²) in [5, 5.41) is 9.12. The fourth-order valence-electron chi connectivity index (χ4n) is 1.79. The second-order valence-electron chi connectivity index (χ2n) is 4.04. The Kier molecular flexibility index (Phi) is 2.91. The maximum atomic E-state index is 11.1. The van der Waals surface area contributed by atoms with E-state index in [0.717, 1.165) is 14.2 Å². The minimum Gasteiger partial charge on any atom is -0.478 e. The molecule has 0 aliphatic rings. The van der Waals surface area contributed by atoms with Crippen LogP contribution < -0.4 is 0 Å². The molecule has 4 nitrogen and oxygen atoms in total. The second-order valence-corrected chi connectivity index (χ2v) is 6.41. The van der Waals surface area contributed by atoms with Crippen LogP contribution in [-0.2, 0) is 0 Å². The molecule has 0 unspecified atom stereocenters. The van der Waals surface area contributed by atoms with Crippen LogP contribution in [0.25, 0.3) is 21.9 Å². The summed E-state index contributed by atoms with van der Waals surface area (Å²) in [4.78, 5) is 16.3.